The molecule has 0 spiro atoms. The number of hydrogen-bond donors (Lipinski definition) is 1. The van der Waals surface area contributed by atoms with Gasteiger partial charge in [0.05, 0.1) is 11.5 Å². The third-order valence-electron chi connectivity index (χ3n) is 4.55. The van der Waals surface area contributed by atoms with Crippen LogP contribution < -0.4 is 9.46 Å². The van der Waals surface area contributed by atoms with Crippen molar-refractivity contribution in [1.82, 2.24) is 4.72 Å². The van der Waals surface area contributed by atoms with Gasteiger partial charge in [0.25, 0.3) is 0 Å². The molecule has 0 bridgehead atoms. The van der Waals surface area contributed by atoms with Crippen LogP contribution in [0, 0.1) is 0 Å². The van der Waals surface area contributed by atoms with Crippen molar-refractivity contribution in [3.63, 3.8) is 0 Å². The van der Waals surface area contributed by atoms with E-state index in [1.54, 1.807) is 18.2 Å². The first kappa shape index (κ1) is 19.3. The summed E-state index contributed by atoms with van der Waals surface area (Å²) in [5.74, 6) is 0.762. The lowest BCUT2D eigenvalue weighted by Crippen LogP contribution is -2.34. The smallest absolute Gasteiger partial charge is 0.240 e. The Morgan fingerprint density at radius 3 is 2.29 bits per heavy atom. The molecule has 1 aromatic rings. The molecule has 1 N–H and O–H groups in total. The molecule has 1 aromatic carbocycles. The highest BCUT2D eigenvalue weighted by Crippen LogP contribution is 2.33. The predicted octanol–water partition coefficient (Wildman–Crippen LogP) is 4.38. The average molecular weight is 354 g/mol. The van der Waals surface area contributed by atoms with Gasteiger partial charge < -0.3 is 4.74 Å². The van der Waals surface area contributed by atoms with Gasteiger partial charge in [0, 0.05) is 11.6 Å². The second-order valence-corrected chi connectivity index (χ2v) is 9.36. The molecule has 0 radical (unpaired) electrons. The number of benzene rings is 1. The number of sulfonamides is 1. The van der Waals surface area contributed by atoms with Crippen molar-refractivity contribution in [3.05, 3.63) is 23.8 Å². The van der Waals surface area contributed by atoms with Gasteiger partial charge in [0.15, 0.2) is 0 Å². The first-order valence-electron chi connectivity index (χ1n) is 9.03. The molecule has 0 amide bonds. The van der Waals surface area contributed by atoms with Gasteiger partial charge in [-0.15, -0.1) is 0 Å². The van der Waals surface area contributed by atoms with Crippen molar-refractivity contribution in [2.45, 2.75) is 82.6 Å². The second kappa shape index (κ2) is 7.87. The summed E-state index contributed by atoms with van der Waals surface area (Å²) < 4.78 is 34.2. The normalized spacial score (nSPS) is 17.5. The summed E-state index contributed by atoms with van der Waals surface area (Å²) in [7, 11) is -3.50. The lowest BCUT2D eigenvalue weighted by atomic mass is 9.86. The van der Waals surface area contributed by atoms with E-state index in [-0.39, 0.29) is 11.5 Å². The molecule has 0 aromatic heterocycles. The summed E-state index contributed by atoms with van der Waals surface area (Å²) in [5.41, 5.74) is 0.742. The van der Waals surface area contributed by atoms with Crippen LogP contribution in [0.1, 0.15) is 71.8 Å². The van der Waals surface area contributed by atoms with Gasteiger partial charge >= 0.3 is 0 Å². The van der Waals surface area contributed by atoms with Crippen molar-refractivity contribution in [2.24, 2.45) is 0 Å². The molecule has 1 aliphatic carbocycles. The van der Waals surface area contributed by atoms with Crippen LogP contribution in [0.25, 0.3) is 0 Å². The quantitative estimate of drug-likeness (QED) is 0.799. The molecule has 0 unspecified atom stereocenters. The van der Waals surface area contributed by atoms with Crippen LogP contribution in [-0.2, 0) is 15.4 Å². The van der Waals surface area contributed by atoms with E-state index < -0.39 is 10.0 Å². The first-order chi connectivity index (χ1) is 11.2. The molecule has 1 aliphatic rings. The molecule has 24 heavy (non-hydrogen) atoms. The van der Waals surface area contributed by atoms with Crippen LogP contribution in [0.5, 0.6) is 5.75 Å². The van der Waals surface area contributed by atoms with Crippen molar-refractivity contribution in [2.75, 3.05) is 6.61 Å². The Morgan fingerprint density at radius 1 is 1.12 bits per heavy atom. The maximum absolute atomic E-state index is 12.8. The lowest BCUT2D eigenvalue weighted by molar-refractivity contribution is 0.329. The summed E-state index contributed by atoms with van der Waals surface area (Å²) in [6.07, 6.45) is 6.48. The fourth-order valence-electron chi connectivity index (χ4n) is 3.23. The van der Waals surface area contributed by atoms with E-state index in [4.69, 9.17) is 4.74 Å². The minimum absolute atomic E-state index is 0.0576. The monoisotopic (exact) mass is 353 g/mol. The Hall–Kier alpha value is -1.07. The molecule has 0 saturated heterocycles. The molecule has 1 fully saturated rings. The number of rotatable bonds is 5. The highest BCUT2D eigenvalue weighted by atomic mass is 32.2. The van der Waals surface area contributed by atoms with Gasteiger partial charge in [-0.2, -0.15) is 0 Å². The first-order valence-corrected chi connectivity index (χ1v) is 10.5. The fourth-order valence-corrected chi connectivity index (χ4v) is 4.56. The fraction of sp³-hybridized carbons (Fsp3) is 0.684. The summed E-state index contributed by atoms with van der Waals surface area (Å²) in [6, 6.07) is 5.26. The zero-order valence-electron chi connectivity index (χ0n) is 15.4. The lowest BCUT2D eigenvalue weighted by Gasteiger charge is -2.24. The minimum atomic E-state index is -3.50. The van der Waals surface area contributed by atoms with E-state index >= 15 is 0 Å². The van der Waals surface area contributed by atoms with Crippen LogP contribution >= 0.6 is 0 Å². The van der Waals surface area contributed by atoms with Gasteiger partial charge in [-0.05, 0) is 43.4 Å². The average Bonchev–Trinajstić information content (AvgIpc) is 2.75. The Balaban J connectivity index is 2.29. The predicted molar refractivity (Wildman–Crippen MR) is 98.1 cm³/mol. The molecule has 4 nitrogen and oxygen atoms in total. The van der Waals surface area contributed by atoms with Crippen molar-refractivity contribution in [1.29, 1.82) is 0 Å². The Kier molecular flexibility index (Phi) is 6.32. The number of hydrogen-bond acceptors (Lipinski definition) is 3. The highest BCUT2D eigenvalue weighted by Gasteiger charge is 2.25. The highest BCUT2D eigenvalue weighted by molar-refractivity contribution is 7.89. The van der Waals surface area contributed by atoms with E-state index in [2.05, 4.69) is 25.5 Å². The molecule has 136 valence electrons. The maximum atomic E-state index is 12.8. The molecule has 0 heterocycles. The Bertz CT molecular complexity index is 639. The number of nitrogens with one attached hydrogen (secondary N) is 1. The van der Waals surface area contributed by atoms with Crippen LogP contribution in [-0.4, -0.2) is 21.1 Å². The molecule has 1 saturated carbocycles. The van der Waals surface area contributed by atoms with Crippen LogP contribution in [0.15, 0.2) is 23.1 Å². The van der Waals surface area contributed by atoms with Gasteiger partial charge in [-0.3, -0.25) is 0 Å². The number of ether oxygens (including phenoxy) is 1. The zero-order chi connectivity index (χ0) is 17.8. The van der Waals surface area contributed by atoms with Crippen LogP contribution in [0.2, 0.25) is 0 Å². The summed E-state index contributed by atoms with van der Waals surface area (Å²) in [6.45, 7) is 8.71. The van der Waals surface area contributed by atoms with Crippen molar-refractivity contribution < 1.29 is 13.2 Å². The second-order valence-electron chi connectivity index (χ2n) is 7.65. The van der Waals surface area contributed by atoms with Crippen molar-refractivity contribution in [3.8, 4) is 5.75 Å². The maximum Gasteiger partial charge on any atom is 0.240 e. The van der Waals surface area contributed by atoms with Crippen molar-refractivity contribution >= 4 is 10.0 Å². The van der Waals surface area contributed by atoms with Crippen LogP contribution in [0.4, 0.5) is 0 Å². The topological polar surface area (TPSA) is 55.4 Å². The molecular weight excluding hydrogens is 322 g/mol. The molecular formula is C19H31NO3S. The van der Waals surface area contributed by atoms with E-state index in [1.807, 2.05) is 6.92 Å². The molecule has 0 atom stereocenters. The van der Waals surface area contributed by atoms with Gasteiger partial charge in [-0.25, -0.2) is 13.1 Å². The largest absolute Gasteiger partial charge is 0.494 e. The van der Waals surface area contributed by atoms with E-state index in [9.17, 15) is 8.42 Å². The SMILES string of the molecule is CCOc1ccc(S(=O)(=O)NC2CCCCCC2)cc1C(C)(C)C. The Labute approximate surface area is 147 Å². The van der Waals surface area contributed by atoms with Gasteiger partial charge in [0.2, 0.25) is 10.0 Å². The zero-order valence-corrected chi connectivity index (χ0v) is 16.2. The van der Waals surface area contributed by atoms with E-state index in [0.29, 0.717) is 11.5 Å². The summed E-state index contributed by atoms with van der Waals surface area (Å²) >= 11 is 0. The molecule has 5 heteroatoms. The summed E-state index contributed by atoms with van der Waals surface area (Å²) in [5, 5.41) is 0. The minimum Gasteiger partial charge on any atom is -0.494 e. The summed E-state index contributed by atoms with van der Waals surface area (Å²) in [4.78, 5) is 0.333. The molecule has 2 rings (SSSR count). The van der Waals surface area contributed by atoms with Gasteiger partial charge in [-0.1, -0.05) is 46.5 Å². The Morgan fingerprint density at radius 2 is 1.75 bits per heavy atom. The third kappa shape index (κ3) is 4.96. The van der Waals surface area contributed by atoms with E-state index in [1.165, 1.54) is 12.8 Å². The third-order valence-corrected chi connectivity index (χ3v) is 6.06. The standard InChI is InChI=1S/C19H31NO3S/c1-5-23-18-13-12-16(14-17(18)19(2,3)4)24(21,22)20-15-10-8-6-7-9-11-15/h12-15,20H,5-11H2,1-4H3. The van der Waals surface area contributed by atoms with Gasteiger partial charge in [0.1, 0.15) is 5.75 Å². The molecule has 0 aliphatic heterocycles. The van der Waals surface area contributed by atoms with E-state index in [0.717, 1.165) is 37.0 Å². The van der Waals surface area contributed by atoms with Crippen LogP contribution in [0.3, 0.4) is 0 Å².